The van der Waals surface area contributed by atoms with E-state index >= 15 is 4.39 Å². The van der Waals surface area contributed by atoms with Crippen molar-refractivity contribution in [2.24, 2.45) is 5.92 Å². The lowest BCUT2D eigenvalue weighted by Gasteiger charge is -2.29. The lowest BCUT2D eigenvalue weighted by atomic mass is 9.79. The van der Waals surface area contributed by atoms with Crippen molar-refractivity contribution < 1.29 is 33.3 Å². The van der Waals surface area contributed by atoms with Gasteiger partial charge < -0.3 is 19.3 Å². The summed E-state index contributed by atoms with van der Waals surface area (Å²) in [4.78, 5) is 22.8. The molecule has 332 valence electrons. The second-order valence-corrected chi connectivity index (χ2v) is 17.8. The van der Waals surface area contributed by atoms with Crippen LogP contribution in [-0.2, 0) is 39.3 Å². The van der Waals surface area contributed by atoms with E-state index in [0.717, 1.165) is 66.5 Å². The van der Waals surface area contributed by atoms with E-state index in [1.807, 2.05) is 41.1 Å². The third-order valence-electron chi connectivity index (χ3n) is 12.2. The summed E-state index contributed by atoms with van der Waals surface area (Å²) in [6.45, 7) is 5.16. The molecule has 1 fully saturated rings. The molecule has 4 aromatic rings. The van der Waals surface area contributed by atoms with Crippen molar-refractivity contribution in [1.29, 1.82) is 0 Å². The van der Waals surface area contributed by atoms with E-state index in [2.05, 4.69) is 36.4 Å². The van der Waals surface area contributed by atoms with E-state index in [1.165, 1.54) is 90.2 Å². The minimum Gasteiger partial charge on any atom is -0.497 e. The Kier molecular flexibility index (Phi) is 19.1. The summed E-state index contributed by atoms with van der Waals surface area (Å²) in [5, 5.41) is 18.6. The van der Waals surface area contributed by atoms with Crippen LogP contribution in [0.4, 0.5) is 4.39 Å². The molecule has 3 aromatic carbocycles. The van der Waals surface area contributed by atoms with Crippen LogP contribution in [0, 0.1) is 11.7 Å². The fourth-order valence-electron chi connectivity index (χ4n) is 8.55. The minimum atomic E-state index is -0.780. The number of methoxy groups -OCH3 is 2. The number of carboxylic acids is 1. The topological polar surface area (TPSA) is 113 Å². The number of nitrogens with zero attached hydrogens (tertiary/aromatic N) is 3. The number of unbranched alkanes of at least 4 members (excludes halogenated alkanes) is 14. The van der Waals surface area contributed by atoms with Crippen LogP contribution in [0.1, 0.15) is 164 Å². The van der Waals surface area contributed by atoms with Gasteiger partial charge in [-0.3, -0.25) is 14.3 Å². The zero-order chi connectivity index (χ0) is 43.5. The van der Waals surface area contributed by atoms with Crippen LogP contribution in [-0.4, -0.2) is 46.3 Å². The van der Waals surface area contributed by atoms with E-state index in [1.54, 1.807) is 19.2 Å². The first-order valence-corrected chi connectivity index (χ1v) is 22.9. The van der Waals surface area contributed by atoms with Crippen molar-refractivity contribution in [1.82, 2.24) is 15.0 Å². The number of carbonyl (C=O) groups excluding carboxylic acids is 1. The number of carbonyl (C=O) groups is 2. The molecule has 1 atom stereocenters. The molecule has 1 N–H and O–H groups in total. The molecule has 0 bridgehead atoms. The Morgan fingerprint density at radius 1 is 0.803 bits per heavy atom. The normalized spacial score (nSPS) is 13.3. The summed E-state index contributed by atoms with van der Waals surface area (Å²) in [5.41, 5.74) is 4.69. The summed E-state index contributed by atoms with van der Waals surface area (Å²) < 4.78 is 33.9. The Bertz CT molecular complexity index is 1960. The molecule has 1 aliphatic rings. The maximum Gasteiger partial charge on any atom is 0.305 e. The molecule has 1 aromatic heterocycles. The summed E-state index contributed by atoms with van der Waals surface area (Å²) in [7, 11) is 3.04. The highest BCUT2D eigenvalue weighted by molar-refractivity contribution is 5.71. The lowest BCUT2D eigenvalue weighted by Crippen LogP contribution is -2.26. The number of ether oxygens (including phenoxy) is 3. The lowest BCUT2D eigenvalue weighted by molar-refractivity contribution is -0.141. The molecule has 0 unspecified atom stereocenters. The van der Waals surface area contributed by atoms with Gasteiger partial charge in [-0.25, -0.2) is 4.39 Å². The van der Waals surface area contributed by atoms with Crippen LogP contribution < -0.4 is 9.47 Å². The largest absolute Gasteiger partial charge is 0.497 e. The summed E-state index contributed by atoms with van der Waals surface area (Å²) in [5.74, 6) is 0.483. The maximum atomic E-state index is 15.5. The molecule has 0 radical (unpaired) electrons. The second-order valence-electron chi connectivity index (χ2n) is 17.8. The molecule has 0 spiro atoms. The van der Waals surface area contributed by atoms with Crippen molar-refractivity contribution in [2.75, 3.05) is 14.2 Å². The first kappa shape index (κ1) is 47.3. The van der Waals surface area contributed by atoms with Crippen LogP contribution in [0.2, 0.25) is 0 Å². The van der Waals surface area contributed by atoms with E-state index in [-0.39, 0.29) is 24.1 Å². The third-order valence-corrected chi connectivity index (χ3v) is 12.2. The van der Waals surface area contributed by atoms with Gasteiger partial charge in [-0.05, 0) is 96.5 Å². The number of hydrogen-bond donors (Lipinski definition) is 1. The average molecular weight is 840 g/mol. The van der Waals surface area contributed by atoms with Gasteiger partial charge in [-0.15, -0.1) is 5.10 Å². The Morgan fingerprint density at radius 3 is 2.08 bits per heavy atom. The van der Waals surface area contributed by atoms with Crippen molar-refractivity contribution in [3.8, 4) is 22.6 Å². The van der Waals surface area contributed by atoms with Gasteiger partial charge >= 0.3 is 11.9 Å². The van der Waals surface area contributed by atoms with Gasteiger partial charge in [0.05, 0.1) is 32.9 Å². The van der Waals surface area contributed by atoms with E-state index < -0.39 is 11.4 Å². The highest BCUT2D eigenvalue weighted by Crippen LogP contribution is 2.45. The van der Waals surface area contributed by atoms with Crippen LogP contribution in [0.15, 0.2) is 66.9 Å². The Morgan fingerprint density at radius 2 is 1.46 bits per heavy atom. The molecule has 1 heterocycles. The molecule has 5 rings (SSSR count). The van der Waals surface area contributed by atoms with Gasteiger partial charge in [-0.1, -0.05) is 133 Å². The number of esters is 1. The molecule has 0 amide bonds. The molecule has 1 saturated carbocycles. The number of halogens is 1. The molecule has 10 heteroatoms. The predicted molar refractivity (Wildman–Crippen MR) is 240 cm³/mol. The molecular formula is C51H70FN3O6. The minimum absolute atomic E-state index is 0.0105. The summed E-state index contributed by atoms with van der Waals surface area (Å²) in [6, 6.07) is 18.7. The Hall–Kier alpha value is -4.73. The standard InChI is InChI=1S/C51H70FN3O6/c1-51(2,37-55-35-41(53-54-55)22-18-16-14-12-10-8-6-5-7-9-11-13-15-17-19-24-50(58)60-4)47-31-38(25-29-44(47)46-33-42(59-3)28-30-48(46)52)36-61-43-23-20-21-40(32-43)45(34-49(56)57)39-26-27-39/h20-21,23,25,28-33,35,39,45H,5-19,22,24,26-27,34,36-37H2,1-4H3,(H,56,57)/t45-/m0/s1. The number of aryl methyl sites for hydroxylation is 1. The van der Waals surface area contributed by atoms with Gasteiger partial charge in [0.2, 0.25) is 0 Å². The Labute approximate surface area is 363 Å². The first-order chi connectivity index (χ1) is 29.6. The van der Waals surface area contributed by atoms with Crippen molar-refractivity contribution in [2.45, 2.75) is 167 Å². The number of benzene rings is 3. The van der Waals surface area contributed by atoms with Crippen LogP contribution in [0.5, 0.6) is 11.5 Å². The molecule has 0 aliphatic heterocycles. The number of hydrogen-bond acceptors (Lipinski definition) is 7. The second kappa shape index (κ2) is 24.6. The van der Waals surface area contributed by atoms with Gasteiger partial charge in [0.15, 0.2) is 0 Å². The number of rotatable bonds is 30. The van der Waals surface area contributed by atoms with E-state index in [4.69, 9.17) is 14.2 Å². The van der Waals surface area contributed by atoms with E-state index in [0.29, 0.717) is 42.6 Å². The fraction of sp³-hybridized carbons (Fsp3) is 0.569. The maximum absolute atomic E-state index is 15.5. The molecular weight excluding hydrogens is 770 g/mol. The van der Waals surface area contributed by atoms with Crippen LogP contribution in [0.25, 0.3) is 11.1 Å². The molecule has 1 aliphatic carbocycles. The molecule has 9 nitrogen and oxygen atoms in total. The highest BCUT2D eigenvalue weighted by Gasteiger charge is 2.34. The van der Waals surface area contributed by atoms with Gasteiger partial charge in [0.25, 0.3) is 0 Å². The smallest absolute Gasteiger partial charge is 0.305 e. The SMILES string of the molecule is COC(=O)CCCCCCCCCCCCCCCCCc1cn(CC(C)(C)c2cc(COc3cccc([C@@H](CC(=O)O)C4CC4)c3)ccc2-c2cc(OC)ccc2F)nn1. The third kappa shape index (κ3) is 15.9. The predicted octanol–water partition coefficient (Wildman–Crippen LogP) is 12.6. The van der Waals surface area contributed by atoms with Gasteiger partial charge in [-0.2, -0.15) is 0 Å². The van der Waals surface area contributed by atoms with Gasteiger partial charge in [0, 0.05) is 23.6 Å². The highest BCUT2D eigenvalue weighted by atomic mass is 19.1. The molecule has 0 saturated heterocycles. The van der Waals surface area contributed by atoms with Crippen molar-refractivity contribution >= 4 is 11.9 Å². The number of aliphatic carboxylic acids is 1. The average Bonchev–Trinajstić information content (AvgIpc) is 4.01. The quantitative estimate of drug-likeness (QED) is 0.0408. The zero-order valence-corrected chi connectivity index (χ0v) is 37.3. The number of aromatic nitrogens is 3. The molecule has 61 heavy (non-hydrogen) atoms. The first-order valence-electron chi connectivity index (χ1n) is 22.9. The zero-order valence-electron chi connectivity index (χ0n) is 37.3. The van der Waals surface area contributed by atoms with Crippen LogP contribution >= 0.6 is 0 Å². The summed E-state index contributed by atoms with van der Waals surface area (Å²) >= 11 is 0. The fourth-order valence-corrected chi connectivity index (χ4v) is 8.55. The summed E-state index contributed by atoms with van der Waals surface area (Å²) in [6.07, 6.45) is 24.4. The number of carboxylic acid groups (broad SMARTS) is 1. The van der Waals surface area contributed by atoms with Crippen LogP contribution in [0.3, 0.4) is 0 Å². The van der Waals surface area contributed by atoms with Crippen molar-refractivity contribution in [3.05, 3.63) is 95.1 Å². The van der Waals surface area contributed by atoms with E-state index in [9.17, 15) is 14.7 Å². The monoisotopic (exact) mass is 840 g/mol. The Balaban J connectivity index is 1.09. The van der Waals surface area contributed by atoms with Crippen molar-refractivity contribution in [3.63, 3.8) is 0 Å². The van der Waals surface area contributed by atoms with Gasteiger partial charge in [0.1, 0.15) is 23.9 Å².